The van der Waals surface area contributed by atoms with Crippen LogP contribution in [0.5, 0.6) is 0 Å². The van der Waals surface area contributed by atoms with Gasteiger partial charge in [-0.2, -0.15) is 0 Å². The number of hydrogen-bond acceptors (Lipinski definition) is 3. The molecule has 0 saturated heterocycles. The first-order valence-electron chi connectivity index (χ1n) is 8.86. The van der Waals surface area contributed by atoms with E-state index in [2.05, 4.69) is 27.8 Å². The Labute approximate surface area is 143 Å². The van der Waals surface area contributed by atoms with E-state index >= 15 is 0 Å². The van der Waals surface area contributed by atoms with Crippen molar-refractivity contribution in [2.24, 2.45) is 4.99 Å². The van der Waals surface area contributed by atoms with Crippen molar-refractivity contribution < 1.29 is 0 Å². The van der Waals surface area contributed by atoms with Gasteiger partial charge >= 0.3 is 0 Å². The fraction of sp³-hybridized carbons (Fsp3) is 0.500. The molecule has 0 atom stereocenters. The molecule has 2 aromatic rings. The Balaban J connectivity index is 1.69. The SMILES string of the molecule is CCNC(=NCc1nncn1-c1ccccc1)NC1CCCCC1. The van der Waals surface area contributed by atoms with Crippen molar-refractivity contribution >= 4 is 5.96 Å². The molecule has 128 valence electrons. The molecule has 24 heavy (non-hydrogen) atoms. The molecule has 1 aliphatic rings. The largest absolute Gasteiger partial charge is 0.357 e. The van der Waals surface area contributed by atoms with Gasteiger partial charge in [0.15, 0.2) is 11.8 Å². The molecule has 6 heteroatoms. The van der Waals surface area contributed by atoms with E-state index in [0.717, 1.165) is 24.0 Å². The third kappa shape index (κ3) is 4.34. The molecule has 0 amide bonds. The number of hydrogen-bond donors (Lipinski definition) is 2. The second-order valence-electron chi connectivity index (χ2n) is 6.13. The first-order chi connectivity index (χ1) is 11.9. The van der Waals surface area contributed by atoms with E-state index in [1.54, 1.807) is 6.33 Å². The van der Waals surface area contributed by atoms with Crippen LogP contribution in [0, 0.1) is 0 Å². The molecule has 6 nitrogen and oxygen atoms in total. The first-order valence-corrected chi connectivity index (χ1v) is 8.86. The summed E-state index contributed by atoms with van der Waals surface area (Å²) in [5.74, 6) is 1.70. The van der Waals surface area contributed by atoms with Gasteiger partial charge in [-0.15, -0.1) is 10.2 Å². The van der Waals surface area contributed by atoms with Crippen molar-refractivity contribution in [1.29, 1.82) is 0 Å². The van der Waals surface area contributed by atoms with E-state index in [1.165, 1.54) is 32.1 Å². The molecule has 2 N–H and O–H groups in total. The van der Waals surface area contributed by atoms with Gasteiger partial charge in [0, 0.05) is 18.3 Å². The molecule has 1 heterocycles. The summed E-state index contributed by atoms with van der Waals surface area (Å²) in [6, 6.07) is 10.6. The van der Waals surface area contributed by atoms with Crippen molar-refractivity contribution in [2.75, 3.05) is 6.54 Å². The number of rotatable bonds is 5. The lowest BCUT2D eigenvalue weighted by Crippen LogP contribution is -2.44. The van der Waals surface area contributed by atoms with Crippen molar-refractivity contribution in [3.63, 3.8) is 0 Å². The van der Waals surface area contributed by atoms with Crippen LogP contribution in [0.25, 0.3) is 5.69 Å². The van der Waals surface area contributed by atoms with Crippen LogP contribution in [-0.4, -0.2) is 33.3 Å². The highest BCUT2D eigenvalue weighted by atomic mass is 15.3. The maximum absolute atomic E-state index is 4.71. The molecule has 1 fully saturated rings. The van der Waals surface area contributed by atoms with Gasteiger partial charge in [0.05, 0.1) is 0 Å². The zero-order valence-electron chi connectivity index (χ0n) is 14.3. The number of aromatic nitrogens is 3. The monoisotopic (exact) mass is 326 g/mol. The average Bonchev–Trinajstić information content (AvgIpc) is 3.10. The highest BCUT2D eigenvalue weighted by Crippen LogP contribution is 2.17. The van der Waals surface area contributed by atoms with Gasteiger partial charge in [-0.3, -0.25) is 4.57 Å². The average molecular weight is 326 g/mol. The smallest absolute Gasteiger partial charge is 0.191 e. The lowest BCUT2D eigenvalue weighted by Gasteiger charge is -2.24. The molecule has 0 bridgehead atoms. The molecule has 0 radical (unpaired) electrons. The number of para-hydroxylation sites is 1. The standard InChI is InChI=1S/C18H26N6/c1-2-19-18(22-15-9-5-3-6-10-15)20-13-17-23-21-14-24(17)16-11-7-4-8-12-16/h4,7-8,11-12,14-15H,2-3,5-6,9-10,13H2,1H3,(H2,19,20,22). The molecule has 0 aliphatic heterocycles. The van der Waals surface area contributed by atoms with Gasteiger partial charge in [-0.05, 0) is 31.9 Å². The Morgan fingerprint density at radius 3 is 2.75 bits per heavy atom. The summed E-state index contributed by atoms with van der Waals surface area (Å²) in [5.41, 5.74) is 1.05. The number of aliphatic imine (C=N–C) groups is 1. The molecule has 3 rings (SSSR count). The number of guanidine groups is 1. The Hall–Kier alpha value is -2.37. The highest BCUT2D eigenvalue weighted by Gasteiger charge is 2.14. The third-order valence-electron chi connectivity index (χ3n) is 4.32. The van der Waals surface area contributed by atoms with Crippen LogP contribution in [0.1, 0.15) is 44.9 Å². The summed E-state index contributed by atoms with van der Waals surface area (Å²) in [6.45, 7) is 3.44. The summed E-state index contributed by atoms with van der Waals surface area (Å²) < 4.78 is 1.98. The van der Waals surface area contributed by atoms with E-state index in [0.29, 0.717) is 12.6 Å². The molecule has 0 spiro atoms. The van der Waals surface area contributed by atoms with Crippen LogP contribution in [0.15, 0.2) is 41.7 Å². The maximum Gasteiger partial charge on any atom is 0.191 e. The number of nitrogens with zero attached hydrogens (tertiary/aromatic N) is 4. The van der Waals surface area contributed by atoms with E-state index in [-0.39, 0.29) is 0 Å². The van der Waals surface area contributed by atoms with Crippen molar-refractivity contribution in [3.05, 3.63) is 42.5 Å². The minimum atomic E-state index is 0.497. The molecule has 1 saturated carbocycles. The molecule has 1 aromatic heterocycles. The van der Waals surface area contributed by atoms with Crippen LogP contribution >= 0.6 is 0 Å². The predicted octanol–water partition coefficient (Wildman–Crippen LogP) is 2.66. The van der Waals surface area contributed by atoms with Gasteiger partial charge in [0.1, 0.15) is 12.9 Å². The van der Waals surface area contributed by atoms with E-state index in [9.17, 15) is 0 Å². The fourth-order valence-electron chi connectivity index (χ4n) is 3.08. The van der Waals surface area contributed by atoms with Crippen LogP contribution in [0.2, 0.25) is 0 Å². The summed E-state index contributed by atoms with van der Waals surface area (Å²) in [5, 5.41) is 15.2. The number of benzene rings is 1. The van der Waals surface area contributed by atoms with Crippen LogP contribution in [-0.2, 0) is 6.54 Å². The second kappa shape index (κ2) is 8.47. The summed E-state index contributed by atoms with van der Waals surface area (Å²) in [7, 11) is 0. The summed E-state index contributed by atoms with van der Waals surface area (Å²) in [4.78, 5) is 4.71. The van der Waals surface area contributed by atoms with Gasteiger partial charge in [0.2, 0.25) is 0 Å². The Morgan fingerprint density at radius 2 is 2.00 bits per heavy atom. The predicted molar refractivity (Wildman–Crippen MR) is 96.2 cm³/mol. The Kier molecular flexibility index (Phi) is 5.82. The Bertz CT molecular complexity index is 643. The molecule has 1 aliphatic carbocycles. The minimum Gasteiger partial charge on any atom is -0.357 e. The minimum absolute atomic E-state index is 0.497. The van der Waals surface area contributed by atoms with Gasteiger partial charge in [0.25, 0.3) is 0 Å². The molecular formula is C18H26N6. The van der Waals surface area contributed by atoms with Crippen LogP contribution in [0.4, 0.5) is 0 Å². The molecule has 1 aromatic carbocycles. The van der Waals surface area contributed by atoms with Crippen molar-refractivity contribution in [2.45, 2.75) is 51.6 Å². The van der Waals surface area contributed by atoms with E-state index in [1.807, 2.05) is 34.9 Å². The normalized spacial score (nSPS) is 16.1. The molecule has 0 unspecified atom stereocenters. The first kappa shape index (κ1) is 16.5. The summed E-state index contributed by atoms with van der Waals surface area (Å²) >= 11 is 0. The second-order valence-corrected chi connectivity index (χ2v) is 6.13. The van der Waals surface area contributed by atoms with Gasteiger partial charge in [-0.1, -0.05) is 37.5 Å². The van der Waals surface area contributed by atoms with Crippen molar-refractivity contribution in [1.82, 2.24) is 25.4 Å². The topological polar surface area (TPSA) is 67.1 Å². The third-order valence-corrected chi connectivity index (χ3v) is 4.32. The summed E-state index contributed by atoms with van der Waals surface area (Å²) in [6.07, 6.45) is 8.15. The lowest BCUT2D eigenvalue weighted by atomic mass is 9.96. The quantitative estimate of drug-likeness (QED) is 0.655. The fourth-order valence-corrected chi connectivity index (χ4v) is 3.08. The van der Waals surface area contributed by atoms with E-state index < -0.39 is 0 Å². The molecular weight excluding hydrogens is 300 g/mol. The van der Waals surface area contributed by atoms with Gasteiger partial charge < -0.3 is 10.6 Å². The van der Waals surface area contributed by atoms with E-state index in [4.69, 9.17) is 4.99 Å². The Morgan fingerprint density at radius 1 is 1.21 bits per heavy atom. The van der Waals surface area contributed by atoms with Crippen LogP contribution in [0.3, 0.4) is 0 Å². The highest BCUT2D eigenvalue weighted by molar-refractivity contribution is 5.80. The lowest BCUT2D eigenvalue weighted by molar-refractivity contribution is 0.410. The van der Waals surface area contributed by atoms with Crippen LogP contribution < -0.4 is 10.6 Å². The maximum atomic E-state index is 4.71. The van der Waals surface area contributed by atoms with Crippen molar-refractivity contribution in [3.8, 4) is 5.69 Å². The van der Waals surface area contributed by atoms with Gasteiger partial charge in [-0.25, -0.2) is 4.99 Å². The zero-order valence-corrected chi connectivity index (χ0v) is 14.3. The number of nitrogens with one attached hydrogen (secondary N) is 2. The zero-order chi connectivity index (χ0) is 16.6.